The number of carbonyl (C=O) groups is 1. The Morgan fingerprint density at radius 1 is 1.00 bits per heavy atom. The standard InChI is InChI=1S/C21H46O4Si2/c1-12-27(13-2,14-3)25-18(6)20(23)17(5)19(22)16(4)15-24-26(10,11)21(7,8)9/h16-18,20,23H,12-15H2,1-11H3/t16-,17-,18-,20-/m0/s1. The Kier molecular flexibility index (Phi) is 10.7. The van der Waals surface area contributed by atoms with Crippen molar-refractivity contribution >= 4 is 22.4 Å². The van der Waals surface area contributed by atoms with Crippen LogP contribution in [0.15, 0.2) is 0 Å². The van der Waals surface area contributed by atoms with Crippen LogP contribution in [0.2, 0.25) is 36.3 Å². The lowest BCUT2D eigenvalue weighted by Gasteiger charge is -2.37. The molecular weight excluding hydrogens is 372 g/mol. The fourth-order valence-electron chi connectivity index (χ4n) is 3.12. The fraction of sp³-hybridized carbons (Fsp3) is 0.952. The van der Waals surface area contributed by atoms with Crippen molar-refractivity contribution in [2.45, 2.75) is 111 Å². The van der Waals surface area contributed by atoms with E-state index < -0.39 is 28.7 Å². The SMILES string of the molecule is CC[Si](CC)(CC)O[C@@H](C)[C@@H](O)[C@@H](C)C(=O)[C@@H](C)CO[Si](C)(C)C(C)(C)C. The van der Waals surface area contributed by atoms with E-state index in [0.29, 0.717) is 6.61 Å². The molecule has 0 aromatic rings. The summed E-state index contributed by atoms with van der Waals surface area (Å²) in [5.74, 6) is -0.606. The molecule has 6 heteroatoms. The van der Waals surface area contributed by atoms with Crippen LogP contribution in [0, 0.1) is 11.8 Å². The second kappa shape index (κ2) is 10.7. The average molecular weight is 419 g/mol. The Bertz CT molecular complexity index is 447. The molecule has 0 spiro atoms. The quantitative estimate of drug-likeness (QED) is 0.418. The molecular formula is C21H46O4Si2. The number of hydrogen-bond acceptors (Lipinski definition) is 4. The van der Waals surface area contributed by atoms with Gasteiger partial charge in [-0.2, -0.15) is 0 Å². The lowest BCUT2D eigenvalue weighted by Crippen LogP contribution is -2.47. The number of aliphatic hydroxyl groups excluding tert-OH is 1. The maximum Gasteiger partial charge on any atom is 0.192 e. The minimum absolute atomic E-state index is 0.0634. The van der Waals surface area contributed by atoms with Gasteiger partial charge in [-0.3, -0.25) is 4.79 Å². The van der Waals surface area contributed by atoms with Crippen molar-refractivity contribution in [1.82, 2.24) is 0 Å². The highest BCUT2D eigenvalue weighted by molar-refractivity contribution is 6.74. The molecule has 0 aromatic heterocycles. The van der Waals surface area contributed by atoms with E-state index in [1.54, 1.807) is 0 Å². The Hall–Kier alpha value is -0.0162. The van der Waals surface area contributed by atoms with Crippen LogP contribution in [0.25, 0.3) is 0 Å². The Balaban J connectivity index is 4.91. The summed E-state index contributed by atoms with van der Waals surface area (Å²) < 4.78 is 12.6. The topological polar surface area (TPSA) is 55.8 Å². The predicted octanol–water partition coefficient (Wildman–Crippen LogP) is 5.62. The maximum absolute atomic E-state index is 12.9. The van der Waals surface area contributed by atoms with Crippen molar-refractivity contribution in [3.05, 3.63) is 0 Å². The lowest BCUT2D eigenvalue weighted by molar-refractivity contribution is -0.132. The summed E-state index contributed by atoms with van der Waals surface area (Å²) in [5, 5.41) is 10.9. The molecule has 162 valence electrons. The number of aliphatic hydroxyl groups is 1. The van der Waals surface area contributed by atoms with E-state index in [4.69, 9.17) is 8.85 Å². The molecule has 27 heavy (non-hydrogen) atoms. The summed E-state index contributed by atoms with van der Waals surface area (Å²) >= 11 is 0. The molecule has 0 rings (SSSR count). The first kappa shape index (κ1) is 27.0. The Labute approximate surface area is 170 Å². The first-order valence-corrected chi connectivity index (χ1v) is 16.1. The molecule has 1 N–H and O–H groups in total. The van der Waals surface area contributed by atoms with Gasteiger partial charge in [-0.25, -0.2) is 0 Å². The van der Waals surface area contributed by atoms with E-state index in [0.717, 1.165) is 18.1 Å². The highest BCUT2D eigenvalue weighted by atomic mass is 28.4. The van der Waals surface area contributed by atoms with Gasteiger partial charge in [0.1, 0.15) is 5.78 Å². The maximum atomic E-state index is 12.9. The number of rotatable bonds is 12. The Morgan fingerprint density at radius 3 is 1.81 bits per heavy atom. The van der Waals surface area contributed by atoms with E-state index in [9.17, 15) is 9.90 Å². The zero-order valence-corrected chi connectivity index (χ0v) is 21.8. The van der Waals surface area contributed by atoms with Gasteiger partial charge in [0.05, 0.1) is 12.2 Å². The number of ketones is 1. The normalized spacial score (nSPS) is 18.1. The first-order chi connectivity index (χ1) is 12.2. The first-order valence-electron chi connectivity index (χ1n) is 10.7. The number of carbonyl (C=O) groups excluding carboxylic acids is 1. The molecule has 0 unspecified atom stereocenters. The van der Waals surface area contributed by atoms with Crippen LogP contribution in [0.4, 0.5) is 0 Å². The van der Waals surface area contributed by atoms with Gasteiger partial charge in [0.25, 0.3) is 0 Å². The summed E-state index contributed by atoms with van der Waals surface area (Å²) in [7, 11) is -3.68. The third kappa shape index (κ3) is 7.39. The van der Waals surface area contributed by atoms with Crippen LogP contribution in [0.3, 0.4) is 0 Å². The van der Waals surface area contributed by atoms with Crippen LogP contribution < -0.4 is 0 Å². The molecule has 4 nitrogen and oxygen atoms in total. The molecule has 0 heterocycles. The third-order valence-electron chi connectivity index (χ3n) is 6.80. The van der Waals surface area contributed by atoms with Crippen molar-refractivity contribution in [2.24, 2.45) is 11.8 Å². The van der Waals surface area contributed by atoms with Gasteiger partial charge in [0.15, 0.2) is 16.6 Å². The summed E-state index contributed by atoms with van der Waals surface area (Å²) in [4.78, 5) is 12.9. The van der Waals surface area contributed by atoms with Gasteiger partial charge in [0.2, 0.25) is 0 Å². The van der Waals surface area contributed by atoms with E-state index in [1.807, 2.05) is 20.8 Å². The van der Waals surface area contributed by atoms with Gasteiger partial charge in [0, 0.05) is 18.4 Å². The molecule has 0 fully saturated rings. The molecule has 0 amide bonds. The Morgan fingerprint density at radius 2 is 1.44 bits per heavy atom. The molecule has 0 aliphatic heterocycles. The van der Waals surface area contributed by atoms with Crippen LogP contribution in [0.5, 0.6) is 0 Å². The van der Waals surface area contributed by atoms with Gasteiger partial charge in [-0.1, -0.05) is 55.4 Å². The van der Waals surface area contributed by atoms with Crippen molar-refractivity contribution < 1.29 is 18.8 Å². The average Bonchev–Trinajstić information content (AvgIpc) is 2.61. The molecule has 0 bridgehead atoms. The highest BCUT2D eigenvalue weighted by Gasteiger charge is 2.39. The van der Waals surface area contributed by atoms with E-state index in [-0.39, 0.29) is 22.8 Å². The van der Waals surface area contributed by atoms with Crippen molar-refractivity contribution in [3.63, 3.8) is 0 Å². The van der Waals surface area contributed by atoms with Crippen molar-refractivity contribution in [3.8, 4) is 0 Å². The zero-order chi connectivity index (χ0) is 21.6. The number of Topliss-reactive ketones (excluding diaryl/α,β-unsaturated/α-hetero) is 1. The van der Waals surface area contributed by atoms with Crippen LogP contribution in [-0.4, -0.2) is 46.3 Å². The molecule has 0 saturated carbocycles. The van der Waals surface area contributed by atoms with Gasteiger partial charge in [-0.15, -0.1) is 0 Å². The van der Waals surface area contributed by atoms with E-state index >= 15 is 0 Å². The minimum atomic E-state index is -1.88. The van der Waals surface area contributed by atoms with E-state index in [1.165, 1.54) is 0 Å². The van der Waals surface area contributed by atoms with Crippen LogP contribution >= 0.6 is 0 Å². The smallest absolute Gasteiger partial charge is 0.192 e. The zero-order valence-electron chi connectivity index (χ0n) is 19.8. The van der Waals surface area contributed by atoms with Crippen LogP contribution in [0.1, 0.15) is 62.3 Å². The summed E-state index contributed by atoms with van der Waals surface area (Å²) in [6.45, 7) is 23.6. The minimum Gasteiger partial charge on any atom is -0.416 e. The summed E-state index contributed by atoms with van der Waals surface area (Å²) in [5.41, 5.74) is 0. The van der Waals surface area contributed by atoms with Gasteiger partial charge >= 0.3 is 0 Å². The van der Waals surface area contributed by atoms with Crippen LogP contribution in [-0.2, 0) is 13.6 Å². The molecule has 0 saturated heterocycles. The fourth-order valence-corrected chi connectivity index (χ4v) is 7.15. The second-order valence-corrected chi connectivity index (χ2v) is 19.3. The lowest BCUT2D eigenvalue weighted by atomic mass is 9.89. The highest BCUT2D eigenvalue weighted by Crippen LogP contribution is 2.37. The molecule has 0 aromatic carbocycles. The second-order valence-electron chi connectivity index (χ2n) is 9.72. The third-order valence-corrected chi connectivity index (χ3v) is 16.0. The van der Waals surface area contributed by atoms with Gasteiger partial charge in [-0.05, 0) is 43.2 Å². The van der Waals surface area contributed by atoms with E-state index in [2.05, 4.69) is 54.6 Å². The van der Waals surface area contributed by atoms with Gasteiger partial charge < -0.3 is 14.0 Å². The largest absolute Gasteiger partial charge is 0.416 e. The summed E-state index contributed by atoms with van der Waals surface area (Å²) in [6, 6.07) is 3.11. The summed E-state index contributed by atoms with van der Waals surface area (Å²) in [6.07, 6.45) is -1.09. The van der Waals surface area contributed by atoms with Crippen molar-refractivity contribution in [1.29, 1.82) is 0 Å². The van der Waals surface area contributed by atoms with Crippen molar-refractivity contribution in [2.75, 3.05) is 6.61 Å². The molecule has 0 aliphatic carbocycles. The molecule has 0 radical (unpaired) electrons. The predicted molar refractivity (Wildman–Crippen MR) is 120 cm³/mol. The number of hydrogen-bond donors (Lipinski definition) is 1. The molecule has 0 aliphatic rings. The monoisotopic (exact) mass is 418 g/mol. The molecule has 4 atom stereocenters.